The second kappa shape index (κ2) is 5.68. The Kier molecular flexibility index (Phi) is 4.15. The van der Waals surface area contributed by atoms with E-state index in [1.165, 1.54) is 0 Å². The first-order chi connectivity index (χ1) is 9.39. The van der Waals surface area contributed by atoms with E-state index in [2.05, 4.69) is 16.0 Å². The zero-order valence-electron chi connectivity index (χ0n) is 10.5. The highest BCUT2D eigenvalue weighted by Crippen LogP contribution is 2.18. The van der Waals surface area contributed by atoms with E-state index in [1.54, 1.807) is 0 Å². The molecule has 1 aliphatic heterocycles. The summed E-state index contributed by atoms with van der Waals surface area (Å²) < 4.78 is 39.0. The molecule has 2 rings (SSSR count). The maximum Gasteiger partial charge on any atom is 0.319 e. The number of hydrogen-bond donors (Lipinski definition) is 4. The lowest BCUT2D eigenvalue weighted by Crippen LogP contribution is -2.45. The number of carbonyl (C=O) groups is 1. The number of benzene rings is 1. The van der Waals surface area contributed by atoms with Crippen LogP contribution >= 0.6 is 0 Å². The second-order valence-corrected chi connectivity index (χ2v) is 4.70. The normalized spacial score (nSPS) is 21.8. The molecule has 1 heterocycles. The van der Waals surface area contributed by atoms with E-state index in [0.29, 0.717) is 31.6 Å². The van der Waals surface area contributed by atoms with Gasteiger partial charge in [-0.1, -0.05) is 0 Å². The highest BCUT2D eigenvalue weighted by molar-refractivity contribution is 5.89. The Morgan fingerprint density at radius 2 is 2.00 bits per heavy atom. The Morgan fingerprint density at radius 3 is 2.65 bits per heavy atom. The Bertz CT molecular complexity index is 519. The standard InChI is InChI=1S/C12H14F3N3O2/c13-7-3-9(15)10(4-8(7)14)18-11(19)17-6-12(20)1-2-16-5-12/h3-4,16,20H,1-2,5-6H2,(H2,17,18,19)/t12-/m1/s1. The van der Waals surface area contributed by atoms with Crippen LogP contribution in [0.15, 0.2) is 12.1 Å². The van der Waals surface area contributed by atoms with Crippen LogP contribution in [0, 0.1) is 17.5 Å². The molecular formula is C12H14F3N3O2. The maximum absolute atomic E-state index is 13.3. The summed E-state index contributed by atoms with van der Waals surface area (Å²) in [5.41, 5.74) is -1.53. The fraction of sp³-hybridized carbons (Fsp3) is 0.417. The van der Waals surface area contributed by atoms with Crippen molar-refractivity contribution in [2.24, 2.45) is 0 Å². The minimum atomic E-state index is -1.33. The third kappa shape index (κ3) is 3.40. The van der Waals surface area contributed by atoms with Gasteiger partial charge in [-0.15, -0.1) is 0 Å². The Hall–Kier alpha value is -1.80. The van der Waals surface area contributed by atoms with Crippen LogP contribution in [-0.2, 0) is 0 Å². The molecule has 1 aliphatic rings. The number of hydrogen-bond acceptors (Lipinski definition) is 3. The number of nitrogens with one attached hydrogen (secondary N) is 3. The molecule has 0 radical (unpaired) electrons. The van der Waals surface area contributed by atoms with Gasteiger partial charge < -0.3 is 21.1 Å². The summed E-state index contributed by atoms with van der Waals surface area (Å²) in [4.78, 5) is 11.5. The molecule has 0 unspecified atom stereocenters. The first kappa shape index (κ1) is 14.6. The summed E-state index contributed by atoms with van der Waals surface area (Å²) in [7, 11) is 0. The molecule has 0 saturated carbocycles. The molecule has 0 bridgehead atoms. The zero-order chi connectivity index (χ0) is 14.8. The molecule has 0 aliphatic carbocycles. The van der Waals surface area contributed by atoms with Gasteiger partial charge in [0.1, 0.15) is 5.82 Å². The molecule has 2 amide bonds. The number of amides is 2. The number of rotatable bonds is 3. The zero-order valence-corrected chi connectivity index (χ0v) is 10.5. The van der Waals surface area contributed by atoms with Gasteiger partial charge in [0.2, 0.25) is 0 Å². The predicted molar refractivity (Wildman–Crippen MR) is 65.8 cm³/mol. The van der Waals surface area contributed by atoms with Crippen LogP contribution in [-0.4, -0.2) is 36.4 Å². The van der Waals surface area contributed by atoms with Crippen LogP contribution < -0.4 is 16.0 Å². The fourth-order valence-corrected chi connectivity index (χ4v) is 1.91. The molecule has 1 atom stereocenters. The van der Waals surface area contributed by atoms with Crippen LogP contribution in [0.2, 0.25) is 0 Å². The number of aliphatic hydroxyl groups is 1. The van der Waals surface area contributed by atoms with E-state index in [9.17, 15) is 23.1 Å². The third-order valence-electron chi connectivity index (χ3n) is 3.06. The molecule has 20 heavy (non-hydrogen) atoms. The molecule has 0 aromatic heterocycles. The molecular weight excluding hydrogens is 275 g/mol. The largest absolute Gasteiger partial charge is 0.387 e. The minimum Gasteiger partial charge on any atom is -0.387 e. The van der Waals surface area contributed by atoms with Gasteiger partial charge in [-0.25, -0.2) is 18.0 Å². The lowest BCUT2D eigenvalue weighted by atomic mass is 10.0. The predicted octanol–water partition coefficient (Wildman–Crippen LogP) is 0.950. The number of β-amino-alcohol motifs (C(OH)–C–C–N with tert-alkyl or cyclic N) is 1. The van der Waals surface area contributed by atoms with E-state index >= 15 is 0 Å². The molecule has 1 aromatic carbocycles. The highest BCUT2D eigenvalue weighted by Gasteiger charge is 2.31. The number of anilines is 1. The summed E-state index contributed by atoms with van der Waals surface area (Å²) in [5.74, 6) is -3.68. The van der Waals surface area contributed by atoms with Crippen LogP contribution in [0.5, 0.6) is 0 Å². The van der Waals surface area contributed by atoms with Gasteiger partial charge in [-0.2, -0.15) is 0 Å². The van der Waals surface area contributed by atoms with Gasteiger partial charge in [0, 0.05) is 25.2 Å². The first-order valence-electron chi connectivity index (χ1n) is 6.02. The molecule has 1 aromatic rings. The maximum atomic E-state index is 13.3. The van der Waals surface area contributed by atoms with E-state index in [0.717, 1.165) is 0 Å². The summed E-state index contributed by atoms with van der Waals surface area (Å²) in [6, 6.07) is 0.0883. The van der Waals surface area contributed by atoms with Gasteiger partial charge in [-0.3, -0.25) is 0 Å². The van der Waals surface area contributed by atoms with Gasteiger partial charge in [0.05, 0.1) is 11.3 Å². The van der Waals surface area contributed by atoms with E-state index in [-0.39, 0.29) is 6.54 Å². The lowest BCUT2D eigenvalue weighted by molar-refractivity contribution is 0.0640. The van der Waals surface area contributed by atoms with E-state index in [4.69, 9.17) is 0 Å². The molecule has 8 heteroatoms. The van der Waals surface area contributed by atoms with E-state index in [1.807, 2.05) is 0 Å². The Morgan fingerprint density at radius 1 is 1.30 bits per heavy atom. The Balaban J connectivity index is 1.93. The SMILES string of the molecule is O=C(NC[C@@]1(O)CCNC1)Nc1cc(F)c(F)cc1F. The molecule has 110 valence electrons. The van der Waals surface area contributed by atoms with Crippen molar-refractivity contribution in [1.29, 1.82) is 0 Å². The molecule has 1 fully saturated rings. The molecule has 5 nitrogen and oxygen atoms in total. The van der Waals surface area contributed by atoms with Gasteiger partial charge in [0.15, 0.2) is 11.6 Å². The summed E-state index contributed by atoms with van der Waals surface area (Å²) >= 11 is 0. The fourth-order valence-electron chi connectivity index (χ4n) is 1.91. The summed E-state index contributed by atoms with van der Waals surface area (Å²) in [6.07, 6.45) is 0.479. The highest BCUT2D eigenvalue weighted by atomic mass is 19.2. The van der Waals surface area contributed by atoms with E-state index < -0.39 is 34.8 Å². The number of carbonyl (C=O) groups excluding carboxylic acids is 1. The monoisotopic (exact) mass is 289 g/mol. The topological polar surface area (TPSA) is 73.4 Å². The van der Waals surface area contributed by atoms with Crippen molar-refractivity contribution in [2.75, 3.05) is 25.0 Å². The Labute approximate surface area is 113 Å². The van der Waals surface area contributed by atoms with Crippen molar-refractivity contribution in [3.8, 4) is 0 Å². The number of halogens is 3. The van der Waals surface area contributed by atoms with Crippen molar-refractivity contribution in [3.05, 3.63) is 29.6 Å². The molecule has 0 spiro atoms. The third-order valence-corrected chi connectivity index (χ3v) is 3.06. The van der Waals surface area contributed by atoms with Crippen LogP contribution in [0.3, 0.4) is 0 Å². The summed E-state index contributed by atoms with van der Waals surface area (Å²) in [6.45, 7) is 0.946. The lowest BCUT2D eigenvalue weighted by Gasteiger charge is -2.21. The smallest absolute Gasteiger partial charge is 0.319 e. The van der Waals surface area contributed by atoms with Crippen LogP contribution in [0.1, 0.15) is 6.42 Å². The summed E-state index contributed by atoms with van der Waals surface area (Å²) in [5, 5.41) is 17.3. The van der Waals surface area contributed by atoms with Crippen LogP contribution in [0.4, 0.5) is 23.7 Å². The average molecular weight is 289 g/mol. The quantitative estimate of drug-likeness (QED) is 0.626. The first-order valence-corrected chi connectivity index (χ1v) is 6.02. The second-order valence-electron chi connectivity index (χ2n) is 4.70. The van der Waals surface area contributed by atoms with Crippen molar-refractivity contribution in [1.82, 2.24) is 10.6 Å². The van der Waals surface area contributed by atoms with Crippen molar-refractivity contribution in [3.63, 3.8) is 0 Å². The molecule has 4 N–H and O–H groups in total. The van der Waals surface area contributed by atoms with Gasteiger partial charge >= 0.3 is 6.03 Å². The van der Waals surface area contributed by atoms with Crippen molar-refractivity contribution < 1.29 is 23.1 Å². The molecule has 1 saturated heterocycles. The van der Waals surface area contributed by atoms with Gasteiger partial charge in [-0.05, 0) is 13.0 Å². The van der Waals surface area contributed by atoms with Crippen molar-refractivity contribution in [2.45, 2.75) is 12.0 Å². The van der Waals surface area contributed by atoms with Crippen molar-refractivity contribution >= 4 is 11.7 Å². The van der Waals surface area contributed by atoms with Crippen LogP contribution in [0.25, 0.3) is 0 Å². The average Bonchev–Trinajstić information content (AvgIpc) is 2.81. The van der Waals surface area contributed by atoms with Gasteiger partial charge in [0.25, 0.3) is 0 Å². The minimum absolute atomic E-state index is 0.0306. The number of urea groups is 1.